The molecule has 0 bridgehead atoms. The van der Waals surface area contributed by atoms with E-state index in [1.807, 2.05) is 6.92 Å². The van der Waals surface area contributed by atoms with Crippen molar-refractivity contribution in [3.63, 3.8) is 0 Å². The summed E-state index contributed by atoms with van der Waals surface area (Å²) in [5, 5.41) is 3.37. The highest BCUT2D eigenvalue weighted by atomic mass is 16.1. The number of rotatable bonds is 4. The van der Waals surface area contributed by atoms with Crippen LogP contribution in [0.5, 0.6) is 0 Å². The van der Waals surface area contributed by atoms with Gasteiger partial charge in [-0.1, -0.05) is 20.3 Å². The third-order valence-electron chi connectivity index (χ3n) is 2.78. The van der Waals surface area contributed by atoms with Crippen LogP contribution in [0.25, 0.3) is 0 Å². The van der Waals surface area contributed by atoms with E-state index in [1.54, 1.807) is 0 Å². The molecule has 2 heteroatoms. The van der Waals surface area contributed by atoms with Crippen molar-refractivity contribution in [1.82, 2.24) is 5.32 Å². The van der Waals surface area contributed by atoms with Gasteiger partial charge in [-0.2, -0.15) is 0 Å². The lowest BCUT2D eigenvalue weighted by molar-refractivity contribution is -0.124. The molecule has 1 fully saturated rings. The molecule has 70 valence electrons. The summed E-state index contributed by atoms with van der Waals surface area (Å²) >= 11 is 0. The number of nitrogens with one attached hydrogen (secondary N) is 1. The van der Waals surface area contributed by atoms with Gasteiger partial charge in [0, 0.05) is 6.42 Å². The minimum Gasteiger partial charge on any atom is -0.305 e. The van der Waals surface area contributed by atoms with Crippen molar-refractivity contribution < 1.29 is 4.79 Å². The standard InChI is InChI=1S/C10H19NO/c1-3-6-10(9(12)4-2)7-5-8-11-10/h11H,3-8H2,1-2H3. The molecule has 12 heavy (non-hydrogen) atoms. The fourth-order valence-corrected chi connectivity index (χ4v) is 2.16. The van der Waals surface area contributed by atoms with E-state index in [2.05, 4.69) is 12.2 Å². The Labute approximate surface area is 74.7 Å². The van der Waals surface area contributed by atoms with Crippen molar-refractivity contribution in [2.75, 3.05) is 6.54 Å². The van der Waals surface area contributed by atoms with Crippen molar-refractivity contribution in [3.8, 4) is 0 Å². The fourth-order valence-electron chi connectivity index (χ4n) is 2.16. The van der Waals surface area contributed by atoms with Crippen LogP contribution in [0.4, 0.5) is 0 Å². The normalized spacial score (nSPS) is 29.2. The average Bonchev–Trinajstić information content (AvgIpc) is 2.53. The van der Waals surface area contributed by atoms with E-state index in [0.29, 0.717) is 12.2 Å². The SMILES string of the molecule is CCCC1(C(=O)CC)CCCN1. The van der Waals surface area contributed by atoms with E-state index < -0.39 is 0 Å². The number of carbonyl (C=O) groups excluding carboxylic acids is 1. The van der Waals surface area contributed by atoms with Crippen LogP contribution in [0.3, 0.4) is 0 Å². The zero-order valence-electron chi connectivity index (χ0n) is 8.15. The smallest absolute Gasteiger partial charge is 0.152 e. The quantitative estimate of drug-likeness (QED) is 0.696. The minimum atomic E-state index is -0.135. The topological polar surface area (TPSA) is 29.1 Å². The van der Waals surface area contributed by atoms with Gasteiger partial charge in [-0.05, 0) is 25.8 Å². The molecule has 1 atom stereocenters. The molecule has 0 aromatic heterocycles. The Morgan fingerprint density at radius 3 is 2.67 bits per heavy atom. The van der Waals surface area contributed by atoms with Gasteiger partial charge in [-0.15, -0.1) is 0 Å². The largest absolute Gasteiger partial charge is 0.305 e. The molecule has 1 rings (SSSR count). The predicted octanol–water partition coefficient (Wildman–Crippen LogP) is 1.89. The van der Waals surface area contributed by atoms with Crippen LogP contribution >= 0.6 is 0 Å². The summed E-state index contributed by atoms with van der Waals surface area (Å²) in [6, 6.07) is 0. The molecule has 1 aliphatic rings. The first-order valence-corrected chi connectivity index (χ1v) is 5.03. The Kier molecular flexibility index (Phi) is 3.27. The second kappa shape index (κ2) is 4.04. The van der Waals surface area contributed by atoms with Crippen molar-refractivity contribution in [2.45, 2.75) is 51.5 Å². The van der Waals surface area contributed by atoms with Gasteiger partial charge in [0.2, 0.25) is 0 Å². The first-order valence-electron chi connectivity index (χ1n) is 5.03. The maximum atomic E-state index is 11.7. The van der Waals surface area contributed by atoms with E-state index >= 15 is 0 Å². The summed E-state index contributed by atoms with van der Waals surface area (Å²) in [5.41, 5.74) is -0.135. The lowest BCUT2D eigenvalue weighted by atomic mass is 9.86. The van der Waals surface area contributed by atoms with Crippen LogP contribution in [-0.2, 0) is 4.79 Å². The predicted molar refractivity (Wildman–Crippen MR) is 50.2 cm³/mol. The van der Waals surface area contributed by atoms with Crippen LogP contribution in [-0.4, -0.2) is 17.9 Å². The van der Waals surface area contributed by atoms with Crippen molar-refractivity contribution in [3.05, 3.63) is 0 Å². The molecule has 1 aliphatic heterocycles. The van der Waals surface area contributed by atoms with E-state index in [4.69, 9.17) is 0 Å². The van der Waals surface area contributed by atoms with Crippen molar-refractivity contribution in [2.24, 2.45) is 0 Å². The second-order valence-corrected chi connectivity index (χ2v) is 3.64. The summed E-state index contributed by atoms with van der Waals surface area (Å²) in [5.74, 6) is 0.404. The van der Waals surface area contributed by atoms with Crippen LogP contribution in [0, 0.1) is 0 Å². The fraction of sp³-hybridized carbons (Fsp3) is 0.900. The van der Waals surface area contributed by atoms with E-state index in [-0.39, 0.29) is 5.54 Å². The van der Waals surface area contributed by atoms with Crippen LogP contribution in [0.15, 0.2) is 0 Å². The van der Waals surface area contributed by atoms with Gasteiger partial charge in [0.25, 0.3) is 0 Å². The zero-order valence-corrected chi connectivity index (χ0v) is 8.15. The molecule has 1 heterocycles. The van der Waals surface area contributed by atoms with Crippen LogP contribution < -0.4 is 5.32 Å². The zero-order chi connectivity index (χ0) is 9.03. The highest BCUT2D eigenvalue weighted by molar-refractivity contribution is 5.88. The molecule has 0 radical (unpaired) electrons. The van der Waals surface area contributed by atoms with E-state index in [9.17, 15) is 4.79 Å². The summed E-state index contributed by atoms with van der Waals surface area (Å²) < 4.78 is 0. The van der Waals surface area contributed by atoms with Crippen LogP contribution in [0.2, 0.25) is 0 Å². The van der Waals surface area contributed by atoms with Crippen LogP contribution in [0.1, 0.15) is 46.0 Å². The van der Waals surface area contributed by atoms with Gasteiger partial charge in [-0.25, -0.2) is 0 Å². The Morgan fingerprint density at radius 2 is 2.25 bits per heavy atom. The number of hydrogen-bond acceptors (Lipinski definition) is 2. The molecular formula is C10H19NO. The average molecular weight is 169 g/mol. The summed E-state index contributed by atoms with van der Waals surface area (Å²) in [6.45, 7) is 5.12. The van der Waals surface area contributed by atoms with Crippen molar-refractivity contribution in [1.29, 1.82) is 0 Å². The Balaban J connectivity index is 2.64. The van der Waals surface area contributed by atoms with Gasteiger partial charge >= 0.3 is 0 Å². The van der Waals surface area contributed by atoms with Gasteiger partial charge in [-0.3, -0.25) is 4.79 Å². The molecule has 0 spiro atoms. The molecule has 2 nitrogen and oxygen atoms in total. The summed E-state index contributed by atoms with van der Waals surface area (Å²) in [7, 11) is 0. The molecule has 0 aromatic carbocycles. The number of hydrogen-bond donors (Lipinski definition) is 1. The summed E-state index contributed by atoms with van der Waals surface area (Å²) in [4.78, 5) is 11.7. The molecule has 0 aliphatic carbocycles. The molecule has 0 aromatic rings. The number of ketones is 1. The maximum Gasteiger partial charge on any atom is 0.152 e. The van der Waals surface area contributed by atoms with Gasteiger partial charge in [0.15, 0.2) is 5.78 Å². The van der Waals surface area contributed by atoms with Crippen molar-refractivity contribution >= 4 is 5.78 Å². The first kappa shape index (κ1) is 9.72. The molecule has 0 amide bonds. The van der Waals surface area contributed by atoms with E-state index in [0.717, 1.165) is 32.2 Å². The highest BCUT2D eigenvalue weighted by Crippen LogP contribution is 2.26. The molecule has 1 saturated heterocycles. The maximum absolute atomic E-state index is 11.7. The second-order valence-electron chi connectivity index (χ2n) is 3.64. The minimum absolute atomic E-state index is 0.135. The van der Waals surface area contributed by atoms with E-state index in [1.165, 1.54) is 0 Å². The monoisotopic (exact) mass is 169 g/mol. The Bertz CT molecular complexity index is 159. The molecule has 0 saturated carbocycles. The highest BCUT2D eigenvalue weighted by Gasteiger charge is 2.37. The Morgan fingerprint density at radius 1 is 1.50 bits per heavy atom. The lowest BCUT2D eigenvalue weighted by Crippen LogP contribution is -2.47. The third kappa shape index (κ3) is 1.69. The third-order valence-corrected chi connectivity index (χ3v) is 2.78. The van der Waals surface area contributed by atoms with Gasteiger partial charge < -0.3 is 5.32 Å². The number of Topliss-reactive ketones (excluding diaryl/α,β-unsaturated/α-hetero) is 1. The van der Waals surface area contributed by atoms with Gasteiger partial charge in [0.05, 0.1) is 5.54 Å². The van der Waals surface area contributed by atoms with Gasteiger partial charge in [0.1, 0.15) is 0 Å². The molecule has 1 N–H and O–H groups in total. The Hall–Kier alpha value is -0.370. The number of carbonyl (C=O) groups is 1. The lowest BCUT2D eigenvalue weighted by Gasteiger charge is -2.26. The first-order chi connectivity index (χ1) is 5.75. The molecular weight excluding hydrogens is 150 g/mol. The summed E-state index contributed by atoms with van der Waals surface area (Å²) in [6.07, 6.45) is 4.99. The molecule has 1 unspecified atom stereocenters.